The molecule has 0 spiro atoms. The van der Waals surface area contributed by atoms with Gasteiger partial charge in [-0.3, -0.25) is 9.35 Å². The zero-order chi connectivity index (χ0) is 13.8. The van der Waals surface area contributed by atoms with Crippen LogP contribution in [0.1, 0.15) is 25.0 Å². The number of nitrogens with one attached hydrogen (secondary N) is 1. The van der Waals surface area contributed by atoms with Crippen LogP contribution in [0.4, 0.5) is 5.69 Å². The van der Waals surface area contributed by atoms with Crippen molar-refractivity contribution in [1.82, 2.24) is 0 Å². The van der Waals surface area contributed by atoms with E-state index in [9.17, 15) is 13.2 Å². The normalized spacial score (nSPS) is 11.3. The zero-order valence-corrected chi connectivity index (χ0v) is 11.3. The molecule has 0 aliphatic heterocycles. The van der Waals surface area contributed by atoms with Gasteiger partial charge in [0.15, 0.2) is 5.75 Å². The molecule has 0 bridgehead atoms. The Bertz CT molecular complexity index is 515. The van der Waals surface area contributed by atoms with Crippen molar-refractivity contribution in [3.63, 3.8) is 0 Å². The number of amides is 1. The van der Waals surface area contributed by atoms with E-state index >= 15 is 0 Å². The summed E-state index contributed by atoms with van der Waals surface area (Å²) in [6.45, 7) is 3.90. The van der Waals surface area contributed by atoms with Gasteiger partial charge in [0.2, 0.25) is 5.91 Å². The molecule has 18 heavy (non-hydrogen) atoms. The highest BCUT2D eigenvalue weighted by Gasteiger charge is 2.15. The predicted molar refractivity (Wildman–Crippen MR) is 70.2 cm³/mol. The summed E-state index contributed by atoms with van der Waals surface area (Å²) < 4.78 is 29.9. The summed E-state index contributed by atoms with van der Waals surface area (Å²) in [4.78, 5) is 11.5. The molecule has 0 aromatic heterocycles. The van der Waals surface area contributed by atoms with Crippen LogP contribution < -0.4 is 5.32 Å². The number of rotatable bonds is 5. The average molecular weight is 271 g/mol. The van der Waals surface area contributed by atoms with Gasteiger partial charge in [-0.25, -0.2) is 0 Å². The van der Waals surface area contributed by atoms with Gasteiger partial charge in [-0.05, 0) is 24.0 Å². The average Bonchev–Trinajstić information content (AvgIpc) is 2.26. The maximum absolute atomic E-state index is 11.5. The largest absolute Gasteiger partial charge is 0.325 e. The summed E-state index contributed by atoms with van der Waals surface area (Å²) in [6.07, 6.45) is 1.46. The van der Waals surface area contributed by atoms with Crippen molar-refractivity contribution in [3.8, 4) is 0 Å². The summed E-state index contributed by atoms with van der Waals surface area (Å²) >= 11 is 0. The van der Waals surface area contributed by atoms with Gasteiger partial charge in [-0.2, -0.15) is 8.42 Å². The highest BCUT2D eigenvalue weighted by Crippen LogP contribution is 2.22. The van der Waals surface area contributed by atoms with Crippen molar-refractivity contribution in [2.75, 3.05) is 11.1 Å². The van der Waals surface area contributed by atoms with Crippen LogP contribution in [0.15, 0.2) is 18.2 Å². The van der Waals surface area contributed by atoms with Crippen molar-refractivity contribution in [3.05, 3.63) is 29.3 Å². The molecule has 0 saturated carbocycles. The molecule has 0 aliphatic rings. The van der Waals surface area contributed by atoms with Gasteiger partial charge in [-0.1, -0.05) is 32.0 Å². The lowest BCUT2D eigenvalue weighted by Gasteiger charge is -2.13. The Hall–Kier alpha value is -1.40. The molecule has 5 nitrogen and oxygen atoms in total. The van der Waals surface area contributed by atoms with E-state index in [-0.39, 0.29) is 0 Å². The highest BCUT2D eigenvalue weighted by molar-refractivity contribution is 7.86. The van der Waals surface area contributed by atoms with Crippen molar-refractivity contribution in [2.24, 2.45) is 0 Å². The first-order valence-corrected chi connectivity index (χ1v) is 7.34. The monoisotopic (exact) mass is 271 g/mol. The number of para-hydroxylation sites is 1. The maximum Gasteiger partial charge on any atom is 0.274 e. The van der Waals surface area contributed by atoms with E-state index in [0.717, 1.165) is 24.0 Å². The molecule has 0 aliphatic carbocycles. The third kappa shape index (κ3) is 4.12. The molecule has 6 heteroatoms. The molecular weight excluding hydrogens is 254 g/mol. The second-order valence-corrected chi connectivity index (χ2v) is 5.39. The molecule has 1 aromatic carbocycles. The Balaban J connectivity index is 2.99. The van der Waals surface area contributed by atoms with E-state index < -0.39 is 21.8 Å². The predicted octanol–water partition coefficient (Wildman–Crippen LogP) is 1.64. The number of aryl methyl sites for hydroxylation is 2. The Morgan fingerprint density at radius 1 is 1.22 bits per heavy atom. The van der Waals surface area contributed by atoms with Crippen LogP contribution >= 0.6 is 0 Å². The molecule has 0 radical (unpaired) electrons. The van der Waals surface area contributed by atoms with E-state index in [1.165, 1.54) is 0 Å². The minimum Gasteiger partial charge on any atom is -0.325 e. The first kappa shape index (κ1) is 14.7. The summed E-state index contributed by atoms with van der Waals surface area (Å²) in [5, 5.41) is 2.56. The summed E-state index contributed by atoms with van der Waals surface area (Å²) in [5.41, 5.74) is 2.53. The number of carbonyl (C=O) groups is 1. The third-order valence-electron chi connectivity index (χ3n) is 2.58. The van der Waals surface area contributed by atoms with Crippen LogP contribution in [-0.4, -0.2) is 24.6 Å². The Labute approximate surface area is 107 Å². The second kappa shape index (κ2) is 5.97. The maximum atomic E-state index is 11.5. The molecule has 1 rings (SSSR count). The van der Waals surface area contributed by atoms with E-state index in [0.29, 0.717) is 5.69 Å². The molecule has 0 heterocycles. The number of benzene rings is 1. The van der Waals surface area contributed by atoms with Crippen LogP contribution in [-0.2, 0) is 27.8 Å². The van der Waals surface area contributed by atoms with E-state index in [4.69, 9.17) is 4.55 Å². The summed E-state index contributed by atoms with van der Waals surface area (Å²) in [6, 6.07) is 5.65. The minimum absolute atomic E-state index is 0.649. The Morgan fingerprint density at radius 3 is 2.11 bits per heavy atom. The van der Waals surface area contributed by atoms with E-state index in [1.807, 2.05) is 32.0 Å². The van der Waals surface area contributed by atoms with Crippen molar-refractivity contribution < 1.29 is 17.8 Å². The second-order valence-electron chi connectivity index (χ2n) is 3.93. The molecule has 0 atom stereocenters. The minimum atomic E-state index is -4.29. The standard InChI is InChI=1S/C12H17NO4S/c1-3-9-6-5-7-10(4-2)12(9)13-11(14)8-18(15,16)17/h5-7H,3-4,8H2,1-2H3,(H,13,14)(H,15,16,17). The quantitative estimate of drug-likeness (QED) is 0.797. The van der Waals surface area contributed by atoms with Gasteiger partial charge >= 0.3 is 0 Å². The molecule has 0 saturated heterocycles. The number of hydrogen-bond acceptors (Lipinski definition) is 3. The molecule has 100 valence electrons. The fraction of sp³-hybridized carbons (Fsp3) is 0.417. The molecule has 1 aromatic rings. The number of carbonyl (C=O) groups excluding carboxylic acids is 1. The molecule has 1 amide bonds. The van der Waals surface area contributed by atoms with Gasteiger partial charge in [-0.15, -0.1) is 0 Å². The van der Waals surface area contributed by atoms with E-state index in [1.54, 1.807) is 0 Å². The van der Waals surface area contributed by atoms with Gasteiger partial charge in [0.25, 0.3) is 10.1 Å². The van der Waals surface area contributed by atoms with Gasteiger partial charge < -0.3 is 5.32 Å². The lowest BCUT2D eigenvalue weighted by molar-refractivity contribution is -0.113. The zero-order valence-electron chi connectivity index (χ0n) is 10.4. The van der Waals surface area contributed by atoms with Crippen LogP contribution in [0.25, 0.3) is 0 Å². The smallest absolute Gasteiger partial charge is 0.274 e. The Morgan fingerprint density at radius 2 is 1.72 bits per heavy atom. The van der Waals surface area contributed by atoms with Crippen molar-refractivity contribution >= 4 is 21.7 Å². The lowest BCUT2D eigenvalue weighted by Crippen LogP contribution is -2.23. The Kier molecular flexibility index (Phi) is 4.86. The molecule has 2 N–H and O–H groups in total. The number of anilines is 1. The summed E-state index contributed by atoms with van der Waals surface area (Å²) in [5.74, 6) is -1.65. The van der Waals surface area contributed by atoms with Crippen LogP contribution in [0.3, 0.4) is 0 Å². The fourth-order valence-electron chi connectivity index (χ4n) is 1.74. The fourth-order valence-corrected chi connectivity index (χ4v) is 2.15. The molecule has 0 unspecified atom stereocenters. The van der Waals surface area contributed by atoms with Gasteiger partial charge in [0.05, 0.1) is 0 Å². The van der Waals surface area contributed by atoms with Gasteiger partial charge in [0, 0.05) is 5.69 Å². The highest BCUT2D eigenvalue weighted by atomic mass is 32.2. The topological polar surface area (TPSA) is 83.5 Å². The van der Waals surface area contributed by atoms with Crippen LogP contribution in [0.2, 0.25) is 0 Å². The molecular formula is C12H17NO4S. The third-order valence-corrected chi connectivity index (χ3v) is 3.20. The first-order chi connectivity index (χ1) is 8.37. The summed E-state index contributed by atoms with van der Waals surface area (Å²) in [7, 11) is -4.29. The van der Waals surface area contributed by atoms with Crippen molar-refractivity contribution in [2.45, 2.75) is 26.7 Å². The van der Waals surface area contributed by atoms with E-state index in [2.05, 4.69) is 5.32 Å². The number of hydrogen-bond donors (Lipinski definition) is 2. The van der Waals surface area contributed by atoms with Gasteiger partial charge in [0.1, 0.15) is 0 Å². The van der Waals surface area contributed by atoms with Crippen LogP contribution in [0, 0.1) is 0 Å². The van der Waals surface area contributed by atoms with Crippen molar-refractivity contribution in [1.29, 1.82) is 0 Å². The SMILES string of the molecule is CCc1cccc(CC)c1NC(=O)CS(=O)(=O)O. The first-order valence-electron chi connectivity index (χ1n) is 5.73. The molecule has 0 fully saturated rings. The lowest BCUT2D eigenvalue weighted by atomic mass is 10.0. The van der Waals surface area contributed by atoms with Crippen LogP contribution in [0.5, 0.6) is 0 Å².